The number of amides is 2. The van der Waals surface area contributed by atoms with Crippen LogP contribution in [0.4, 0.5) is 5.88 Å². The number of esters is 1. The second kappa shape index (κ2) is 10.4. The molecule has 0 aliphatic heterocycles. The number of furan rings is 2. The Hall–Kier alpha value is -3.54. The van der Waals surface area contributed by atoms with Crippen molar-refractivity contribution < 1.29 is 28.0 Å². The van der Waals surface area contributed by atoms with Gasteiger partial charge in [0.15, 0.2) is 5.16 Å². The SMILES string of the molecule is CCOC(=O)c1c(C)oc(NC(=O)CSc2nnc(C(C)C)n2Cc2ccco2)c1C(N)=O. The predicted octanol–water partition coefficient (Wildman–Crippen LogP) is 2.95. The van der Waals surface area contributed by atoms with Gasteiger partial charge in [-0.2, -0.15) is 0 Å². The molecule has 0 aliphatic carbocycles. The van der Waals surface area contributed by atoms with E-state index in [0.717, 1.165) is 23.3 Å². The van der Waals surface area contributed by atoms with Crippen molar-refractivity contribution in [3.05, 3.63) is 46.9 Å². The summed E-state index contributed by atoms with van der Waals surface area (Å²) >= 11 is 1.16. The number of ether oxygens (including phenoxy) is 1. The molecule has 33 heavy (non-hydrogen) atoms. The highest BCUT2D eigenvalue weighted by atomic mass is 32.2. The number of nitrogens with two attached hydrogens (primary N) is 1. The minimum absolute atomic E-state index is 0.0545. The predicted molar refractivity (Wildman–Crippen MR) is 119 cm³/mol. The summed E-state index contributed by atoms with van der Waals surface area (Å²) in [7, 11) is 0. The molecule has 0 aliphatic rings. The Labute approximate surface area is 194 Å². The van der Waals surface area contributed by atoms with E-state index in [1.807, 2.05) is 24.5 Å². The maximum atomic E-state index is 12.6. The summed E-state index contributed by atoms with van der Waals surface area (Å²) in [4.78, 5) is 36.8. The Morgan fingerprint density at radius 3 is 2.64 bits per heavy atom. The van der Waals surface area contributed by atoms with Crippen LogP contribution in [-0.4, -0.2) is 44.9 Å². The van der Waals surface area contributed by atoms with E-state index in [-0.39, 0.29) is 41.0 Å². The number of aryl methyl sites for hydroxylation is 1. The van der Waals surface area contributed by atoms with E-state index >= 15 is 0 Å². The van der Waals surface area contributed by atoms with Crippen molar-refractivity contribution in [2.24, 2.45) is 5.73 Å². The minimum atomic E-state index is -0.919. The first-order valence-electron chi connectivity index (χ1n) is 10.2. The summed E-state index contributed by atoms with van der Waals surface area (Å²) in [6.07, 6.45) is 1.58. The Balaban J connectivity index is 1.76. The number of nitrogens with zero attached hydrogens (tertiary/aromatic N) is 3. The van der Waals surface area contributed by atoms with Crippen LogP contribution in [0.2, 0.25) is 0 Å². The minimum Gasteiger partial charge on any atom is -0.467 e. The number of carbonyl (C=O) groups is 3. The second-order valence-corrected chi connectivity index (χ2v) is 8.26. The van der Waals surface area contributed by atoms with E-state index in [4.69, 9.17) is 19.3 Å². The van der Waals surface area contributed by atoms with Crippen LogP contribution in [0.1, 0.15) is 64.7 Å². The van der Waals surface area contributed by atoms with Gasteiger partial charge in [0.05, 0.1) is 25.2 Å². The number of rotatable bonds is 10. The van der Waals surface area contributed by atoms with Crippen LogP contribution < -0.4 is 11.1 Å². The van der Waals surface area contributed by atoms with Crippen molar-refractivity contribution in [3.8, 4) is 0 Å². The fraction of sp³-hybridized carbons (Fsp3) is 0.381. The molecule has 0 radical (unpaired) electrons. The van der Waals surface area contributed by atoms with Crippen LogP contribution in [0, 0.1) is 6.92 Å². The fourth-order valence-electron chi connectivity index (χ4n) is 3.15. The lowest BCUT2D eigenvalue weighted by Gasteiger charge is -2.10. The zero-order valence-electron chi connectivity index (χ0n) is 18.7. The van der Waals surface area contributed by atoms with Gasteiger partial charge in [-0.3, -0.25) is 19.5 Å². The summed E-state index contributed by atoms with van der Waals surface area (Å²) in [6.45, 7) is 7.63. The summed E-state index contributed by atoms with van der Waals surface area (Å²) in [5.74, 6) is -0.698. The molecular weight excluding hydrogens is 450 g/mol. The Bertz CT molecular complexity index is 1150. The fourth-order valence-corrected chi connectivity index (χ4v) is 3.90. The highest BCUT2D eigenvalue weighted by molar-refractivity contribution is 7.99. The van der Waals surface area contributed by atoms with Gasteiger partial charge in [-0.25, -0.2) is 4.79 Å². The van der Waals surface area contributed by atoms with Gasteiger partial charge in [-0.15, -0.1) is 10.2 Å². The molecule has 0 fully saturated rings. The molecule has 0 unspecified atom stereocenters. The lowest BCUT2D eigenvalue weighted by molar-refractivity contribution is -0.113. The normalized spacial score (nSPS) is 11.1. The van der Waals surface area contributed by atoms with E-state index in [2.05, 4.69) is 15.5 Å². The molecule has 0 spiro atoms. The van der Waals surface area contributed by atoms with Crippen LogP contribution in [0.5, 0.6) is 0 Å². The summed E-state index contributed by atoms with van der Waals surface area (Å²) in [5.41, 5.74) is 5.09. The molecule has 0 saturated heterocycles. The number of aromatic nitrogens is 3. The molecule has 3 aromatic rings. The molecule has 3 aromatic heterocycles. The molecule has 0 bridgehead atoms. The molecule has 0 aromatic carbocycles. The van der Waals surface area contributed by atoms with Gasteiger partial charge in [0.1, 0.15) is 28.5 Å². The molecule has 3 rings (SSSR count). The number of carbonyl (C=O) groups excluding carboxylic acids is 3. The average Bonchev–Trinajstić information content (AvgIpc) is 3.46. The van der Waals surface area contributed by atoms with Crippen LogP contribution in [0.15, 0.2) is 32.4 Å². The first-order valence-corrected chi connectivity index (χ1v) is 11.2. The average molecular weight is 476 g/mol. The third-order valence-electron chi connectivity index (χ3n) is 4.55. The second-order valence-electron chi connectivity index (χ2n) is 7.32. The summed E-state index contributed by atoms with van der Waals surface area (Å²) < 4.78 is 17.7. The smallest absolute Gasteiger partial charge is 0.342 e. The van der Waals surface area contributed by atoms with E-state index in [1.54, 1.807) is 19.3 Å². The molecule has 3 heterocycles. The van der Waals surface area contributed by atoms with Gasteiger partial charge in [0, 0.05) is 5.92 Å². The molecule has 3 N–H and O–H groups in total. The first kappa shape index (κ1) is 24.1. The topological polar surface area (TPSA) is 155 Å². The van der Waals surface area contributed by atoms with Gasteiger partial charge < -0.3 is 19.3 Å². The third kappa shape index (κ3) is 5.45. The zero-order chi connectivity index (χ0) is 24.1. The van der Waals surface area contributed by atoms with Crippen molar-refractivity contribution in [1.82, 2.24) is 14.8 Å². The largest absolute Gasteiger partial charge is 0.467 e. The van der Waals surface area contributed by atoms with Crippen LogP contribution >= 0.6 is 11.8 Å². The van der Waals surface area contributed by atoms with Crippen molar-refractivity contribution in [1.29, 1.82) is 0 Å². The van der Waals surface area contributed by atoms with Crippen molar-refractivity contribution >= 4 is 35.4 Å². The lowest BCUT2D eigenvalue weighted by atomic mass is 10.1. The van der Waals surface area contributed by atoms with E-state index in [9.17, 15) is 14.4 Å². The molecule has 0 saturated carbocycles. The lowest BCUT2D eigenvalue weighted by Crippen LogP contribution is -2.21. The molecule has 12 heteroatoms. The third-order valence-corrected chi connectivity index (χ3v) is 5.52. The van der Waals surface area contributed by atoms with E-state index in [0.29, 0.717) is 11.7 Å². The van der Waals surface area contributed by atoms with Crippen LogP contribution in [0.3, 0.4) is 0 Å². The van der Waals surface area contributed by atoms with Crippen LogP contribution in [-0.2, 0) is 16.1 Å². The quantitative estimate of drug-likeness (QED) is 0.332. The van der Waals surface area contributed by atoms with Crippen molar-refractivity contribution in [2.45, 2.75) is 45.3 Å². The maximum Gasteiger partial charge on any atom is 0.342 e. The standard InChI is InChI=1S/C21H25N5O6S/c1-5-30-20(29)15-12(4)32-19(16(15)17(22)28)23-14(27)10-33-21-25-24-18(11(2)3)26(21)9-13-7-6-8-31-13/h6-8,11H,5,9-10H2,1-4H3,(H2,22,28)(H,23,27). The zero-order valence-corrected chi connectivity index (χ0v) is 19.5. The monoisotopic (exact) mass is 475 g/mol. The van der Waals surface area contributed by atoms with E-state index in [1.165, 1.54) is 6.92 Å². The van der Waals surface area contributed by atoms with Crippen LogP contribution in [0.25, 0.3) is 0 Å². The van der Waals surface area contributed by atoms with Crippen molar-refractivity contribution in [2.75, 3.05) is 17.7 Å². The molecule has 0 atom stereocenters. The molecular formula is C21H25N5O6S. The number of hydrogen-bond donors (Lipinski definition) is 2. The molecule has 176 valence electrons. The van der Waals surface area contributed by atoms with Gasteiger partial charge in [0.25, 0.3) is 5.91 Å². The van der Waals surface area contributed by atoms with E-state index < -0.39 is 17.8 Å². The summed E-state index contributed by atoms with van der Waals surface area (Å²) in [5, 5.41) is 11.5. The Morgan fingerprint density at radius 2 is 2.03 bits per heavy atom. The summed E-state index contributed by atoms with van der Waals surface area (Å²) in [6, 6.07) is 3.64. The maximum absolute atomic E-state index is 12.6. The number of anilines is 1. The van der Waals surface area contributed by atoms with Gasteiger partial charge >= 0.3 is 5.97 Å². The number of thioether (sulfide) groups is 1. The van der Waals surface area contributed by atoms with Crippen molar-refractivity contribution in [3.63, 3.8) is 0 Å². The van der Waals surface area contributed by atoms with Gasteiger partial charge in [-0.05, 0) is 26.0 Å². The van der Waals surface area contributed by atoms with Gasteiger partial charge in [0.2, 0.25) is 11.8 Å². The van der Waals surface area contributed by atoms with Gasteiger partial charge in [-0.1, -0.05) is 25.6 Å². The first-order chi connectivity index (χ1) is 15.7. The Kier molecular flexibility index (Phi) is 7.59. The number of nitrogens with one attached hydrogen (secondary N) is 1. The highest BCUT2D eigenvalue weighted by Crippen LogP contribution is 2.28. The number of hydrogen-bond acceptors (Lipinski definition) is 9. The highest BCUT2D eigenvalue weighted by Gasteiger charge is 2.29. The number of primary amides is 1. The molecule has 2 amide bonds. The molecule has 11 nitrogen and oxygen atoms in total. The Morgan fingerprint density at radius 1 is 1.27 bits per heavy atom.